The van der Waals surface area contributed by atoms with Gasteiger partial charge in [-0.15, -0.1) is 0 Å². The van der Waals surface area contributed by atoms with Crippen molar-refractivity contribution in [3.8, 4) is 0 Å². The summed E-state index contributed by atoms with van der Waals surface area (Å²) < 4.78 is 2.23. The van der Waals surface area contributed by atoms with E-state index in [2.05, 4.69) is 27.7 Å². The third kappa shape index (κ3) is 1.61. The molecular weight excluding hydrogens is 198 g/mol. The summed E-state index contributed by atoms with van der Waals surface area (Å²) >= 11 is 0. The number of hydrogen-bond acceptors (Lipinski definition) is 2. The molecule has 1 saturated carbocycles. The topological polar surface area (TPSA) is 43.3 Å². The summed E-state index contributed by atoms with van der Waals surface area (Å²) in [7, 11) is 0. The Balaban J connectivity index is 2.09. The second-order valence-electron chi connectivity index (χ2n) is 4.86. The lowest BCUT2D eigenvalue weighted by atomic mass is 10.1. The molecule has 0 aliphatic heterocycles. The summed E-state index contributed by atoms with van der Waals surface area (Å²) in [5, 5.41) is 0. The molecule has 0 amide bonds. The normalized spacial score (nSPS) is 17.9. The molecule has 0 saturated heterocycles. The summed E-state index contributed by atoms with van der Waals surface area (Å²) in [6.45, 7) is 2.04. The molecule has 3 rings (SSSR count). The van der Waals surface area contributed by atoms with Crippen LogP contribution in [0.15, 0.2) is 24.5 Å². The number of fused-ring (bicyclic) bond motifs is 1. The maximum atomic E-state index is 5.86. The zero-order valence-electron chi connectivity index (χ0n) is 9.56. The maximum absolute atomic E-state index is 5.86. The van der Waals surface area contributed by atoms with Crippen LogP contribution in [0.1, 0.15) is 37.1 Å². The van der Waals surface area contributed by atoms with Crippen molar-refractivity contribution in [3.63, 3.8) is 0 Å². The van der Waals surface area contributed by atoms with Crippen LogP contribution in [0.3, 0.4) is 0 Å². The van der Waals surface area contributed by atoms with E-state index >= 15 is 0 Å². The lowest BCUT2D eigenvalue weighted by molar-refractivity contribution is 0.738. The van der Waals surface area contributed by atoms with Crippen molar-refractivity contribution in [1.29, 1.82) is 0 Å². The Bertz CT molecular complexity index is 509. The van der Waals surface area contributed by atoms with Gasteiger partial charge in [0.2, 0.25) is 0 Å². The highest BCUT2D eigenvalue weighted by Gasteiger charge is 2.27. The fourth-order valence-corrected chi connectivity index (χ4v) is 2.26. The molecule has 2 N–H and O–H groups in total. The molecule has 1 atom stereocenters. The lowest BCUT2D eigenvalue weighted by Crippen LogP contribution is -2.18. The first-order chi connectivity index (χ1) is 7.75. The first-order valence-electron chi connectivity index (χ1n) is 5.96. The third-order valence-corrected chi connectivity index (χ3v) is 3.17. The van der Waals surface area contributed by atoms with E-state index in [4.69, 9.17) is 5.73 Å². The molecule has 2 heterocycles. The number of aromatic nitrogens is 2. The van der Waals surface area contributed by atoms with Crippen LogP contribution < -0.4 is 5.73 Å². The Morgan fingerprint density at radius 2 is 2.38 bits per heavy atom. The van der Waals surface area contributed by atoms with Gasteiger partial charge >= 0.3 is 0 Å². The van der Waals surface area contributed by atoms with E-state index in [1.807, 2.05) is 13.1 Å². The summed E-state index contributed by atoms with van der Waals surface area (Å²) in [6.07, 6.45) is 7.60. The van der Waals surface area contributed by atoms with Gasteiger partial charge in [-0.25, -0.2) is 4.98 Å². The van der Waals surface area contributed by atoms with Crippen molar-refractivity contribution in [3.05, 3.63) is 35.9 Å². The smallest absolute Gasteiger partial charge is 0.116 e. The molecule has 16 heavy (non-hydrogen) atoms. The fraction of sp³-hybridized carbons (Fsp3) is 0.462. The van der Waals surface area contributed by atoms with Crippen molar-refractivity contribution < 1.29 is 0 Å². The van der Waals surface area contributed by atoms with Gasteiger partial charge in [0.05, 0.1) is 11.7 Å². The predicted octanol–water partition coefficient (Wildman–Crippen LogP) is 2.10. The SMILES string of the molecule is CC(N)Cc1cccn2c(C3CC3)ncc12. The van der Waals surface area contributed by atoms with Crippen molar-refractivity contribution in [2.45, 2.75) is 38.1 Å². The van der Waals surface area contributed by atoms with Crippen molar-refractivity contribution in [2.75, 3.05) is 0 Å². The first kappa shape index (κ1) is 9.85. The highest BCUT2D eigenvalue weighted by Crippen LogP contribution is 2.39. The average molecular weight is 215 g/mol. The van der Waals surface area contributed by atoms with E-state index in [-0.39, 0.29) is 6.04 Å². The molecule has 3 heteroatoms. The van der Waals surface area contributed by atoms with Crippen LogP contribution in [0.2, 0.25) is 0 Å². The van der Waals surface area contributed by atoms with E-state index in [1.165, 1.54) is 29.7 Å². The summed E-state index contributed by atoms with van der Waals surface area (Å²) in [6, 6.07) is 4.44. The van der Waals surface area contributed by atoms with Crippen molar-refractivity contribution >= 4 is 5.52 Å². The molecule has 0 aromatic carbocycles. The maximum Gasteiger partial charge on any atom is 0.116 e. The molecule has 0 spiro atoms. The quantitative estimate of drug-likeness (QED) is 0.852. The minimum Gasteiger partial charge on any atom is -0.328 e. The lowest BCUT2D eigenvalue weighted by Gasteiger charge is -2.07. The van der Waals surface area contributed by atoms with Crippen LogP contribution in [0.4, 0.5) is 0 Å². The van der Waals surface area contributed by atoms with Crippen molar-refractivity contribution in [1.82, 2.24) is 9.38 Å². The molecule has 1 aliphatic rings. The highest BCUT2D eigenvalue weighted by atomic mass is 15.0. The minimum absolute atomic E-state index is 0.200. The van der Waals surface area contributed by atoms with Crippen LogP contribution in [0.5, 0.6) is 0 Å². The number of hydrogen-bond donors (Lipinski definition) is 1. The van der Waals surface area contributed by atoms with E-state index in [1.54, 1.807) is 0 Å². The molecule has 0 bridgehead atoms. The van der Waals surface area contributed by atoms with Gasteiger partial charge in [0.1, 0.15) is 5.82 Å². The number of pyridine rings is 1. The van der Waals surface area contributed by atoms with E-state index in [0.29, 0.717) is 5.92 Å². The Labute approximate surface area is 95.3 Å². The molecule has 1 aliphatic carbocycles. The molecule has 0 radical (unpaired) electrons. The van der Waals surface area contributed by atoms with Gasteiger partial charge in [-0.3, -0.25) is 0 Å². The molecule has 1 fully saturated rings. The Kier molecular flexibility index (Phi) is 2.21. The highest BCUT2D eigenvalue weighted by molar-refractivity contribution is 5.55. The van der Waals surface area contributed by atoms with E-state index in [9.17, 15) is 0 Å². The van der Waals surface area contributed by atoms with Crippen LogP contribution >= 0.6 is 0 Å². The summed E-state index contributed by atoms with van der Waals surface area (Å²) in [5.74, 6) is 1.91. The Hall–Kier alpha value is -1.35. The first-order valence-corrected chi connectivity index (χ1v) is 5.96. The second kappa shape index (κ2) is 3.59. The van der Waals surface area contributed by atoms with Crippen LogP contribution in [-0.2, 0) is 6.42 Å². The van der Waals surface area contributed by atoms with Gasteiger partial charge < -0.3 is 10.1 Å². The zero-order chi connectivity index (χ0) is 11.1. The van der Waals surface area contributed by atoms with Gasteiger partial charge in [-0.2, -0.15) is 0 Å². The van der Waals surface area contributed by atoms with Gasteiger partial charge in [-0.1, -0.05) is 6.07 Å². The average Bonchev–Trinajstić information content (AvgIpc) is 2.98. The summed E-state index contributed by atoms with van der Waals surface area (Å²) in [4.78, 5) is 4.55. The molecule has 2 aromatic rings. The minimum atomic E-state index is 0.200. The van der Waals surface area contributed by atoms with Gasteiger partial charge in [0, 0.05) is 18.2 Å². The molecular formula is C13H17N3. The van der Waals surface area contributed by atoms with Crippen LogP contribution in [-0.4, -0.2) is 15.4 Å². The molecule has 2 aromatic heterocycles. The molecule has 84 valence electrons. The number of nitrogens with zero attached hydrogens (tertiary/aromatic N) is 2. The Morgan fingerprint density at radius 3 is 3.06 bits per heavy atom. The van der Waals surface area contributed by atoms with Crippen LogP contribution in [0, 0.1) is 0 Å². The van der Waals surface area contributed by atoms with Gasteiger partial charge in [0.25, 0.3) is 0 Å². The molecule has 1 unspecified atom stereocenters. The van der Waals surface area contributed by atoms with E-state index in [0.717, 1.165) is 6.42 Å². The third-order valence-electron chi connectivity index (χ3n) is 3.17. The number of nitrogens with two attached hydrogens (primary N) is 1. The van der Waals surface area contributed by atoms with E-state index < -0.39 is 0 Å². The molecule has 3 nitrogen and oxygen atoms in total. The van der Waals surface area contributed by atoms with Gasteiger partial charge in [0.15, 0.2) is 0 Å². The monoisotopic (exact) mass is 215 g/mol. The second-order valence-corrected chi connectivity index (χ2v) is 4.86. The van der Waals surface area contributed by atoms with Gasteiger partial charge in [-0.05, 0) is 37.8 Å². The zero-order valence-corrected chi connectivity index (χ0v) is 9.56. The largest absolute Gasteiger partial charge is 0.328 e. The standard InChI is InChI=1S/C13H17N3/c1-9(14)7-11-3-2-6-16-12(11)8-15-13(16)10-4-5-10/h2-3,6,8-10H,4-5,7,14H2,1H3. The number of imidazole rings is 1. The Morgan fingerprint density at radius 1 is 1.56 bits per heavy atom. The van der Waals surface area contributed by atoms with Crippen LogP contribution in [0.25, 0.3) is 5.52 Å². The predicted molar refractivity (Wildman–Crippen MR) is 64.5 cm³/mol. The summed E-state index contributed by atoms with van der Waals surface area (Å²) in [5.41, 5.74) is 8.39. The van der Waals surface area contributed by atoms with Crippen molar-refractivity contribution in [2.24, 2.45) is 5.73 Å². The fourth-order valence-electron chi connectivity index (χ4n) is 2.26. The number of rotatable bonds is 3.